The van der Waals surface area contributed by atoms with Gasteiger partial charge in [0.2, 0.25) is 11.8 Å². The summed E-state index contributed by atoms with van der Waals surface area (Å²) in [6.45, 7) is 3.09. The van der Waals surface area contributed by atoms with E-state index in [1.165, 1.54) is 20.3 Å². The molecule has 4 fully saturated rings. The first-order valence-corrected chi connectivity index (χ1v) is 23.9. The molecule has 18 heteroatoms. The number of ether oxygens (including phenoxy) is 4. The van der Waals surface area contributed by atoms with Crippen molar-refractivity contribution in [2.24, 2.45) is 11.8 Å². The third-order valence-electron chi connectivity index (χ3n) is 14.7. The van der Waals surface area contributed by atoms with Crippen molar-refractivity contribution >= 4 is 24.0 Å². The standard InChI is InChI=1S/C51H56F2N8O8/c1-66-49(64)58-43(31-15-21-68-22-16-31)47(62)60-19-3-5-41(60)45-54-27-39(56-45)30-9-7-29(8-10-30)33-11-13-35-36-14-12-34(26-38(36)51(52,53)37(35)25-33)40-28-55-46(57-40)42-6-4-20-61(42)48(63)44(59-50(65)67-2)32-17-23-69-24-18-32/h7-14,25-28,31-32,41-44H,3-6,15-24H2,1-2H3,(H,54,56)(H,55,57)(H,58,64)(H,59,65)/t41-,42-,43-,44?/m0/s1. The van der Waals surface area contributed by atoms with Crippen LogP contribution in [0.5, 0.6) is 0 Å². The lowest BCUT2D eigenvalue weighted by atomic mass is 9.90. The Morgan fingerprint density at radius 3 is 1.52 bits per heavy atom. The molecule has 5 aliphatic rings. The molecule has 1 unspecified atom stereocenters. The molecule has 4 saturated heterocycles. The molecule has 3 aromatic carbocycles. The highest BCUT2D eigenvalue weighted by atomic mass is 19.3. The van der Waals surface area contributed by atoms with E-state index in [1.54, 1.807) is 40.4 Å². The van der Waals surface area contributed by atoms with Gasteiger partial charge < -0.3 is 49.3 Å². The number of carbonyl (C=O) groups is 4. The quantitative estimate of drug-likeness (QED) is 0.101. The van der Waals surface area contributed by atoms with Crippen LogP contribution in [0.25, 0.3) is 44.8 Å². The molecule has 6 heterocycles. The number of amides is 4. The van der Waals surface area contributed by atoms with Crippen LogP contribution in [0.2, 0.25) is 0 Å². The van der Waals surface area contributed by atoms with Crippen LogP contribution in [0.15, 0.2) is 73.1 Å². The van der Waals surface area contributed by atoms with Crippen molar-refractivity contribution in [2.75, 3.05) is 53.7 Å². The van der Waals surface area contributed by atoms with Gasteiger partial charge in [0.05, 0.1) is 50.1 Å². The minimum absolute atomic E-state index is 0.0719. The maximum absolute atomic E-state index is 16.6. The van der Waals surface area contributed by atoms with Crippen LogP contribution < -0.4 is 10.6 Å². The summed E-state index contributed by atoms with van der Waals surface area (Å²) in [4.78, 5) is 72.4. The zero-order chi connectivity index (χ0) is 47.8. The summed E-state index contributed by atoms with van der Waals surface area (Å²) in [6.07, 6.45) is 7.52. The number of benzene rings is 3. The molecule has 1 aliphatic carbocycles. The van der Waals surface area contributed by atoms with Crippen LogP contribution in [-0.2, 0) is 34.5 Å². The summed E-state index contributed by atoms with van der Waals surface area (Å²) in [5.41, 5.74) is 4.87. The third-order valence-corrected chi connectivity index (χ3v) is 14.7. The molecular formula is C51H56F2N8O8. The van der Waals surface area contributed by atoms with E-state index in [1.807, 2.05) is 36.4 Å². The number of hydrogen-bond acceptors (Lipinski definition) is 10. The van der Waals surface area contributed by atoms with E-state index in [0.717, 1.165) is 36.1 Å². The minimum Gasteiger partial charge on any atom is -0.453 e. The zero-order valence-electron chi connectivity index (χ0n) is 38.6. The summed E-state index contributed by atoms with van der Waals surface area (Å²) in [7, 11) is 2.55. The Balaban J connectivity index is 0.827. The van der Waals surface area contributed by atoms with Crippen LogP contribution in [0.1, 0.15) is 86.2 Å². The molecule has 16 nitrogen and oxygen atoms in total. The normalized spacial score (nSPS) is 21.0. The highest BCUT2D eigenvalue weighted by molar-refractivity contribution is 5.88. The summed E-state index contributed by atoms with van der Waals surface area (Å²) in [5.74, 6) is -2.62. The van der Waals surface area contributed by atoms with Crippen molar-refractivity contribution in [2.45, 2.75) is 81.5 Å². The van der Waals surface area contributed by atoms with Crippen LogP contribution >= 0.6 is 0 Å². The number of alkyl carbamates (subject to hydrolysis) is 2. The van der Waals surface area contributed by atoms with Gasteiger partial charge in [-0.15, -0.1) is 0 Å². The molecule has 0 spiro atoms. The number of aromatic amines is 2. The second-order valence-electron chi connectivity index (χ2n) is 18.5. The second kappa shape index (κ2) is 19.4. The largest absolute Gasteiger partial charge is 0.453 e. The Hall–Kier alpha value is -6.66. The first-order valence-electron chi connectivity index (χ1n) is 23.9. The minimum atomic E-state index is -3.28. The number of H-pyrrole nitrogens is 2. The van der Waals surface area contributed by atoms with Crippen LogP contribution in [0, 0.1) is 11.8 Å². The monoisotopic (exact) mass is 946 g/mol. The number of nitrogens with zero attached hydrogens (tertiary/aromatic N) is 4. The van der Waals surface area contributed by atoms with Crippen molar-refractivity contribution in [3.8, 4) is 44.8 Å². The van der Waals surface area contributed by atoms with E-state index in [-0.39, 0.29) is 46.9 Å². The molecule has 0 radical (unpaired) electrons. The molecule has 362 valence electrons. The first kappa shape index (κ1) is 46.1. The van der Waals surface area contributed by atoms with Crippen LogP contribution in [0.4, 0.5) is 18.4 Å². The van der Waals surface area contributed by atoms with Gasteiger partial charge in [-0.25, -0.2) is 19.6 Å². The SMILES string of the molecule is COC(=O)NC(C(=O)N1CCC[C@H]1c1ncc(-c2ccc3c(c2)C(F)(F)c2cc(-c4ccc(-c5cnc([C@@H]6CCCN6C(=O)[C@@H](NC(=O)OC)C6CCOCC6)[nH]5)cc4)ccc2-3)[nH]1)C1CCOCC1. The molecule has 69 heavy (non-hydrogen) atoms. The number of hydrogen-bond donors (Lipinski definition) is 4. The van der Waals surface area contributed by atoms with Crippen molar-refractivity contribution < 1.29 is 46.9 Å². The van der Waals surface area contributed by atoms with Gasteiger partial charge in [-0.3, -0.25) is 9.59 Å². The molecule has 4 amide bonds. The fraction of sp³-hybridized carbons (Fsp3) is 0.451. The molecule has 4 N–H and O–H groups in total. The molecule has 10 rings (SSSR count). The lowest BCUT2D eigenvalue weighted by Gasteiger charge is -2.34. The smallest absolute Gasteiger partial charge is 0.407 e. The molecule has 2 aromatic heterocycles. The van der Waals surface area contributed by atoms with Crippen LogP contribution in [0.3, 0.4) is 0 Å². The summed E-state index contributed by atoms with van der Waals surface area (Å²) >= 11 is 0. The number of fused-ring (bicyclic) bond motifs is 3. The van der Waals surface area contributed by atoms with Gasteiger partial charge in [-0.1, -0.05) is 48.5 Å². The topological polar surface area (TPSA) is 193 Å². The van der Waals surface area contributed by atoms with E-state index in [0.29, 0.717) is 111 Å². The molecule has 0 saturated carbocycles. The molecule has 4 atom stereocenters. The number of nitrogens with one attached hydrogen (secondary N) is 4. The number of halogens is 2. The Morgan fingerprint density at radius 2 is 1.04 bits per heavy atom. The summed E-state index contributed by atoms with van der Waals surface area (Å²) in [5, 5.41) is 5.56. The number of likely N-dealkylation sites (tertiary alicyclic amines) is 2. The number of methoxy groups -OCH3 is 2. The lowest BCUT2D eigenvalue weighted by molar-refractivity contribution is -0.137. The van der Waals surface area contributed by atoms with Crippen molar-refractivity contribution in [3.63, 3.8) is 0 Å². The first-order chi connectivity index (χ1) is 33.5. The zero-order valence-corrected chi connectivity index (χ0v) is 38.6. The molecular weight excluding hydrogens is 891 g/mol. The number of alkyl halides is 2. The fourth-order valence-electron chi connectivity index (χ4n) is 10.9. The second-order valence-corrected chi connectivity index (χ2v) is 18.5. The van der Waals surface area contributed by atoms with Gasteiger partial charge in [0.25, 0.3) is 5.92 Å². The number of rotatable bonds is 11. The van der Waals surface area contributed by atoms with Gasteiger partial charge >= 0.3 is 12.2 Å². The Kier molecular flexibility index (Phi) is 12.9. The fourth-order valence-corrected chi connectivity index (χ4v) is 10.9. The maximum atomic E-state index is 16.6. The number of aromatic nitrogens is 4. The van der Waals surface area contributed by atoms with Gasteiger partial charge in [-0.2, -0.15) is 8.78 Å². The van der Waals surface area contributed by atoms with Gasteiger partial charge in [0.15, 0.2) is 0 Å². The van der Waals surface area contributed by atoms with Gasteiger partial charge in [-0.05, 0) is 103 Å². The van der Waals surface area contributed by atoms with E-state index in [4.69, 9.17) is 23.9 Å². The Bertz CT molecular complexity index is 2710. The number of imidazole rings is 2. The predicted octanol–water partition coefficient (Wildman–Crippen LogP) is 7.88. The average molecular weight is 947 g/mol. The highest BCUT2D eigenvalue weighted by Crippen LogP contribution is 2.53. The van der Waals surface area contributed by atoms with Gasteiger partial charge in [0.1, 0.15) is 23.7 Å². The van der Waals surface area contributed by atoms with Crippen molar-refractivity contribution in [1.82, 2.24) is 40.4 Å². The van der Waals surface area contributed by atoms with E-state index in [2.05, 4.69) is 25.6 Å². The van der Waals surface area contributed by atoms with E-state index >= 15 is 8.78 Å². The van der Waals surface area contributed by atoms with Crippen LogP contribution in [-0.4, -0.2) is 120 Å². The number of carbonyl (C=O) groups excluding carboxylic acids is 4. The predicted molar refractivity (Wildman–Crippen MR) is 249 cm³/mol. The highest BCUT2D eigenvalue weighted by Gasteiger charge is 2.46. The third kappa shape index (κ3) is 8.95. The van der Waals surface area contributed by atoms with Gasteiger partial charge in [0, 0.05) is 56.2 Å². The maximum Gasteiger partial charge on any atom is 0.407 e. The lowest BCUT2D eigenvalue weighted by Crippen LogP contribution is -2.53. The van der Waals surface area contributed by atoms with E-state index < -0.39 is 30.2 Å². The molecule has 0 bridgehead atoms. The Morgan fingerprint density at radius 1 is 0.623 bits per heavy atom. The van der Waals surface area contributed by atoms with Crippen molar-refractivity contribution in [1.29, 1.82) is 0 Å². The van der Waals surface area contributed by atoms with E-state index in [9.17, 15) is 19.2 Å². The molecule has 5 aromatic rings. The summed E-state index contributed by atoms with van der Waals surface area (Å²) in [6, 6.07) is 15.7. The summed E-state index contributed by atoms with van der Waals surface area (Å²) < 4.78 is 53.9. The van der Waals surface area contributed by atoms with Crippen molar-refractivity contribution in [3.05, 3.63) is 95.8 Å². The molecule has 4 aliphatic heterocycles. The Labute approximate surface area is 397 Å². The average Bonchev–Trinajstić information content (AvgIpc) is 4.26.